The van der Waals surface area contributed by atoms with Crippen molar-refractivity contribution in [1.82, 2.24) is 25.3 Å². The van der Waals surface area contributed by atoms with Crippen molar-refractivity contribution in [2.75, 3.05) is 40.9 Å². The maximum absolute atomic E-state index is 14.3. The molecular formula is C69H101N5O13Si. The molecule has 0 fully saturated rings. The van der Waals surface area contributed by atoms with Gasteiger partial charge in [-0.15, -0.1) is 0 Å². The van der Waals surface area contributed by atoms with Gasteiger partial charge in [-0.3, -0.25) is 24.1 Å². The highest BCUT2D eigenvalue weighted by Gasteiger charge is 2.44. The molecule has 4 rings (SSSR count). The molecule has 88 heavy (non-hydrogen) atoms. The minimum absolute atomic E-state index is 0.0309. The Morgan fingerprint density at radius 2 is 1.25 bits per heavy atom. The molecular weight excluding hydrogens is 1130 g/mol. The van der Waals surface area contributed by atoms with E-state index >= 15 is 0 Å². The van der Waals surface area contributed by atoms with E-state index in [2.05, 4.69) is 63.2 Å². The Balaban J connectivity index is 1.50. The van der Waals surface area contributed by atoms with Crippen molar-refractivity contribution in [3.8, 4) is 11.1 Å². The van der Waals surface area contributed by atoms with Crippen LogP contribution in [0.5, 0.6) is 0 Å². The van der Waals surface area contributed by atoms with E-state index in [0.717, 1.165) is 27.8 Å². The Morgan fingerprint density at radius 1 is 0.693 bits per heavy atom. The minimum Gasteiger partial charge on any atom is -0.460 e. The van der Waals surface area contributed by atoms with Crippen LogP contribution < -0.4 is 10.6 Å². The zero-order valence-corrected chi connectivity index (χ0v) is 56.6. The number of hydrogen-bond donors (Lipinski definition) is 2. The quantitative estimate of drug-likeness (QED) is 0.0196. The van der Waals surface area contributed by atoms with E-state index in [1.807, 2.05) is 89.2 Å². The fourth-order valence-corrected chi connectivity index (χ4v) is 11.7. The first-order valence-corrected chi connectivity index (χ1v) is 34.0. The average Bonchev–Trinajstić information content (AvgIpc) is 2.93. The van der Waals surface area contributed by atoms with Gasteiger partial charge in [-0.2, -0.15) is 0 Å². The molecule has 484 valence electrons. The molecule has 11 atom stereocenters. The smallest absolute Gasteiger partial charge is 0.410 e. The van der Waals surface area contributed by atoms with Crippen LogP contribution >= 0.6 is 0 Å². The Labute approximate surface area is 525 Å². The number of likely N-dealkylation sites (N-methyl/N-ethyl adjacent to an activating group) is 3. The SMILES string of the molecule is C=CCOC(=O)[C@@H](NC(=O)CN(C)C(=O)[C@@H](Cc1ccccc1)N(C)C(=O)[C@H](C)NC(=O)[C@H](OC(=O)/C(C)=C/C[C@H](O[Si](C)(C)C(C)(C)C)[C@H](C)[C@H](OC(=O)[C@@H](C)N(C)C(=O)OCC1c2ccccc2-c2ccccc21)[C@@H](C)CC)[C@@H](C)CC)[C@@H](C)CC. The van der Waals surface area contributed by atoms with E-state index in [-0.39, 0.29) is 54.4 Å². The first-order valence-electron chi connectivity index (χ1n) is 31.1. The van der Waals surface area contributed by atoms with Gasteiger partial charge in [-0.05, 0) is 91.4 Å². The Kier molecular flexibility index (Phi) is 27.9. The van der Waals surface area contributed by atoms with E-state index in [9.17, 15) is 38.4 Å². The van der Waals surface area contributed by atoms with Crippen LogP contribution in [0.25, 0.3) is 11.1 Å². The molecule has 0 heterocycles. The number of ether oxygens (including phenoxy) is 4. The molecule has 2 N–H and O–H groups in total. The van der Waals surface area contributed by atoms with Gasteiger partial charge in [0, 0.05) is 50.9 Å². The molecule has 19 heteroatoms. The number of nitrogens with zero attached hydrogens (tertiary/aromatic N) is 3. The third-order valence-electron chi connectivity index (χ3n) is 18.0. The summed E-state index contributed by atoms with van der Waals surface area (Å²) in [6.45, 7) is 31.8. The lowest BCUT2D eigenvalue weighted by Crippen LogP contribution is -2.57. The third kappa shape index (κ3) is 19.4. The normalized spacial score (nSPS) is 16.2. The number of amides is 5. The molecule has 18 nitrogen and oxygen atoms in total. The van der Waals surface area contributed by atoms with Gasteiger partial charge in [-0.25, -0.2) is 19.2 Å². The summed E-state index contributed by atoms with van der Waals surface area (Å²) in [5.74, 6) is -5.95. The van der Waals surface area contributed by atoms with Crippen LogP contribution in [0.1, 0.15) is 138 Å². The maximum Gasteiger partial charge on any atom is 0.410 e. The molecule has 5 amide bonds. The van der Waals surface area contributed by atoms with Gasteiger partial charge < -0.3 is 43.8 Å². The van der Waals surface area contributed by atoms with Crippen LogP contribution in [0, 0.1) is 23.7 Å². The van der Waals surface area contributed by atoms with Crippen LogP contribution in [0.15, 0.2) is 103 Å². The molecule has 1 aliphatic carbocycles. The van der Waals surface area contributed by atoms with Crippen molar-refractivity contribution in [1.29, 1.82) is 0 Å². The Hall–Kier alpha value is -7.12. The van der Waals surface area contributed by atoms with Crippen LogP contribution in [0.2, 0.25) is 18.1 Å². The number of hydrogen-bond acceptors (Lipinski definition) is 13. The summed E-state index contributed by atoms with van der Waals surface area (Å²) in [4.78, 5) is 115. The standard InChI is InChI=1S/C69H101N5O13Si/c1-20-39-83-67(81)59(43(5)21-2)71-58(75)41-72(15)64(78)56(40-50-31-25-24-26-32-50)74(17)63(77)48(10)70-62(76)61(45(7)23-4)86-65(79)46(8)37-38-57(87-88(18,19)69(12,13)14)47(9)60(44(6)22-3)85-66(80)49(11)73(16)68(82)84-42-55-53-35-29-27-33-51(53)52-34-28-30-36-54(52)55/h20,24-37,43-45,47-49,55-57,59-61H,1,21-23,38-42H2,2-19H3,(H,70,76)(H,71,75)/b46-37+/t43-,44-,45-,47-,48-,49+,56+,57-,59-,60+,61+/m0/s1. The van der Waals surface area contributed by atoms with Crippen LogP contribution in [-0.4, -0.2) is 154 Å². The second kappa shape index (κ2) is 33.5. The lowest BCUT2D eigenvalue weighted by molar-refractivity contribution is -0.162. The number of carbonyl (C=O) groups is 8. The summed E-state index contributed by atoms with van der Waals surface area (Å²) in [5.41, 5.74) is 5.29. The van der Waals surface area contributed by atoms with E-state index in [1.165, 1.54) is 48.8 Å². The summed E-state index contributed by atoms with van der Waals surface area (Å²) in [5, 5.41) is 5.24. The van der Waals surface area contributed by atoms with Crippen LogP contribution in [-0.2, 0) is 63.4 Å². The lowest BCUT2D eigenvalue weighted by Gasteiger charge is -2.43. The average molecular weight is 1240 g/mol. The molecule has 0 radical (unpaired) electrons. The van der Waals surface area contributed by atoms with E-state index in [1.54, 1.807) is 45.9 Å². The molecule has 0 saturated carbocycles. The fourth-order valence-electron chi connectivity index (χ4n) is 10.3. The number of carbonyl (C=O) groups excluding carboxylic acids is 8. The van der Waals surface area contributed by atoms with Crippen molar-refractivity contribution in [3.05, 3.63) is 120 Å². The van der Waals surface area contributed by atoms with Crippen molar-refractivity contribution in [3.63, 3.8) is 0 Å². The lowest BCUT2D eigenvalue weighted by atomic mass is 9.86. The van der Waals surface area contributed by atoms with Crippen molar-refractivity contribution >= 4 is 55.9 Å². The molecule has 3 aromatic carbocycles. The van der Waals surface area contributed by atoms with Gasteiger partial charge in [0.15, 0.2) is 14.4 Å². The highest BCUT2D eigenvalue weighted by molar-refractivity contribution is 6.74. The molecule has 0 aliphatic heterocycles. The summed E-state index contributed by atoms with van der Waals surface area (Å²) in [7, 11) is 1.88. The maximum atomic E-state index is 14.3. The third-order valence-corrected chi connectivity index (χ3v) is 22.5. The van der Waals surface area contributed by atoms with Gasteiger partial charge in [-0.1, -0.05) is 180 Å². The number of benzene rings is 3. The number of nitrogens with one attached hydrogen (secondary N) is 2. The highest BCUT2D eigenvalue weighted by Crippen LogP contribution is 2.45. The van der Waals surface area contributed by atoms with Crippen molar-refractivity contribution < 1.29 is 61.7 Å². The summed E-state index contributed by atoms with van der Waals surface area (Å²) >= 11 is 0. The number of esters is 3. The second-order valence-electron chi connectivity index (χ2n) is 25.4. The van der Waals surface area contributed by atoms with Crippen LogP contribution in [0.4, 0.5) is 4.79 Å². The minimum atomic E-state index is -2.53. The molecule has 0 spiro atoms. The summed E-state index contributed by atoms with van der Waals surface area (Å²) in [6.07, 6.45) is 1.91. The van der Waals surface area contributed by atoms with Gasteiger partial charge in [0.05, 0.1) is 12.6 Å². The molecule has 0 aromatic heterocycles. The fraction of sp³-hybridized carbons (Fsp3) is 0.565. The Morgan fingerprint density at radius 3 is 1.80 bits per heavy atom. The van der Waals surface area contributed by atoms with Gasteiger partial charge in [0.1, 0.15) is 43.5 Å². The van der Waals surface area contributed by atoms with Gasteiger partial charge in [0.25, 0.3) is 5.91 Å². The van der Waals surface area contributed by atoms with Crippen molar-refractivity contribution in [2.45, 2.75) is 189 Å². The second-order valence-corrected chi connectivity index (χ2v) is 30.2. The van der Waals surface area contributed by atoms with Crippen LogP contribution in [0.3, 0.4) is 0 Å². The summed E-state index contributed by atoms with van der Waals surface area (Å²) < 4.78 is 30.7. The first kappa shape index (κ1) is 73.3. The largest absolute Gasteiger partial charge is 0.460 e. The zero-order chi connectivity index (χ0) is 66.0. The Bertz CT molecular complexity index is 2860. The van der Waals surface area contributed by atoms with Crippen molar-refractivity contribution in [2.24, 2.45) is 23.7 Å². The molecule has 1 aliphatic rings. The number of fused-ring (bicyclic) bond motifs is 3. The molecule has 0 saturated heterocycles. The molecule has 3 aromatic rings. The molecule has 0 unspecified atom stereocenters. The summed E-state index contributed by atoms with van der Waals surface area (Å²) in [6, 6.07) is 20.9. The number of rotatable bonds is 32. The predicted molar refractivity (Wildman–Crippen MR) is 345 cm³/mol. The predicted octanol–water partition coefficient (Wildman–Crippen LogP) is 10.8. The van der Waals surface area contributed by atoms with E-state index in [4.69, 9.17) is 23.4 Å². The van der Waals surface area contributed by atoms with Gasteiger partial charge >= 0.3 is 24.0 Å². The van der Waals surface area contributed by atoms with Gasteiger partial charge in [0.2, 0.25) is 17.7 Å². The zero-order valence-electron chi connectivity index (χ0n) is 55.6. The van der Waals surface area contributed by atoms with E-state index < -0.39 is 117 Å². The topological polar surface area (TPSA) is 216 Å². The highest BCUT2D eigenvalue weighted by atomic mass is 28.4. The van der Waals surface area contributed by atoms with E-state index in [0.29, 0.717) is 19.3 Å². The monoisotopic (exact) mass is 1240 g/mol. The molecule has 0 bridgehead atoms. The first-order chi connectivity index (χ1) is 41.3.